The molecule has 1 aromatic rings. The summed E-state index contributed by atoms with van der Waals surface area (Å²) in [5.41, 5.74) is 1.11. The van der Waals surface area contributed by atoms with Crippen LogP contribution < -0.4 is 20.1 Å². The number of esters is 1. The maximum atomic E-state index is 12.2. The number of nitrogens with one attached hydrogen (secondary N) is 2. The second-order valence-electron chi connectivity index (χ2n) is 5.27. The number of halogens is 1. The molecule has 9 nitrogen and oxygen atoms in total. The highest BCUT2D eigenvalue weighted by Crippen LogP contribution is 2.39. The Morgan fingerprint density at radius 1 is 1.27 bits per heavy atom. The molecule has 0 fully saturated rings. The van der Waals surface area contributed by atoms with Crippen molar-refractivity contribution in [3.8, 4) is 11.5 Å². The van der Waals surface area contributed by atoms with E-state index in [9.17, 15) is 14.4 Å². The largest absolute Gasteiger partial charge is 0.493 e. The molecule has 0 saturated carbocycles. The molecular weight excluding hydrogens is 412 g/mol. The molecule has 2 rings (SSSR count). The molecule has 1 aliphatic heterocycles. The van der Waals surface area contributed by atoms with E-state index in [1.165, 1.54) is 20.3 Å². The molecule has 0 unspecified atom stereocenters. The Balaban J connectivity index is 2.51. The van der Waals surface area contributed by atoms with Gasteiger partial charge in [0.15, 0.2) is 18.1 Å². The first-order valence-corrected chi connectivity index (χ1v) is 8.16. The van der Waals surface area contributed by atoms with Crippen molar-refractivity contribution in [1.29, 1.82) is 0 Å². The lowest BCUT2D eigenvalue weighted by molar-refractivity contribution is -0.139. The second kappa shape index (κ2) is 8.09. The highest BCUT2D eigenvalue weighted by atomic mass is 79.9. The number of carboxylic acids is 1. The molecule has 0 aromatic heterocycles. The topological polar surface area (TPSA) is 123 Å². The second-order valence-corrected chi connectivity index (χ2v) is 6.12. The molecular formula is C16H17BrN2O7. The zero-order valence-corrected chi connectivity index (χ0v) is 15.8. The number of carbonyl (C=O) groups excluding carboxylic acids is 2. The lowest BCUT2D eigenvalue weighted by Crippen LogP contribution is -2.45. The molecule has 1 heterocycles. The van der Waals surface area contributed by atoms with Crippen LogP contribution in [-0.4, -0.2) is 43.9 Å². The Bertz CT molecular complexity index is 791. The van der Waals surface area contributed by atoms with Crippen molar-refractivity contribution < 1.29 is 33.7 Å². The first-order chi connectivity index (χ1) is 12.3. The van der Waals surface area contributed by atoms with Crippen LogP contribution in [0, 0.1) is 0 Å². The van der Waals surface area contributed by atoms with Gasteiger partial charge >= 0.3 is 18.0 Å². The van der Waals surface area contributed by atoms with Crippen molar-refractivity contribution in [2.45, 2.75) is 13.0 Å². The van der Waals surface area contributed by atoms with Crippen LogP contribution in [-0.2, 0) is 14.3 Å². The molecule has 140 valence electrons. The first kappa shape index (κ1) is 19.6. The number of hydrogen-bond acceptors (Lipinski definition) is 6. The summed E-state index contributed by atoms with van der Waals surface area (Å²) >= 11 is 3.36. The monoisotopic (exact) mass is 428 g/mol. The minimum atomic E-state index is -1.13. The standard InChI is InChI=1S/C16H17BrN2O7/c1-7-13(15(22)25-3)14(19-16(23)18-7)8-4-10(24-2)11(5-9(8)17)26-6-12(20)21/h4-5,14H,6H2,1-3H3,(H,20,21)(H2,18,19,23)/t14-/m1/s1. The van der Waals surface area contributed by atoms with Crippen molar-refractivity contribution in [2.24, 2.45) is 0 Å². The van der Waals surface area contributed by atoms with Crippen molar-refractivity contribution in [1.82, 2.24) is 10.6 Å². The summed E-state index contributed by atoms with van der Waals surface area (Å²) in [5.74, 6) is -1.29. The summed E-state index contributed by atoms with van der Waals surface area (Å²) in [6, 6.07) is 1.79. The summed E-state index contributed by atoms with van der Waals surface area (Å²) in [4.78, 5) is 34.8. The number of allylic oxidation sites excluding steroid dienone is 1. The van der Waals surface area contributed by atoms with Gasteiger partial charge in [-0.3, -0.25) is 0 Å². The van der Waals surface area contributed by atoms with E-state index in [0.29, 0.717) is 15.7 Å². The molecule has 1 aromatic carbocycles. The maximum Gasteiger partial charge on any atom is 0.341 e. The molecule has 0 aliphatic carbocycles. The molecule has 0 spiro atoms. The molecule has 26 heavy (non-hydrogen) atoms. The SMILES string of the molecule is COC(=O)C1=C(C)NC(=O)N[C@@H]1c1cc(OC)c(OCC(=O)O)cc1Br. The van der Waals surface area contributed by atoms with E-state index in [2.05, 4.69) is 26.6 Å². The van der Waals surface area contributed by atoms with E-state index in [1.54, 1.807) is 13.0 Å². The van der Waals surface area contributed by atoms with Crippen LogP contribution in [0.2, 0.25) is 0 Å². The smallest absolute Gasteiger partial charge is 0.341 e. The summed E-state index contributed by atoms with van der Waals surface area (Å²) in [7, 11) is 2.64. The van der Waals surface area contributed by atoms with Gasteiger partial charge in [0, 0.05) is 10.2 Å². The van der Waals surface area contributed by atoms with Crippen LogP contribution in [0.3, 0.4) is 0 Å². The number of rotatable bonds is 6. The van der Waals surface area contributed by atoms with Gasteiger partial charge < -0.3 is 30.0 Å². The Morgan fingerprint density at radius 2 is 1.96 bits per heavy atom. The minimum Gasteiger partial charge on any atom is -0.493 e. The zero-order chi connectivity index (χ0) is 19.4. The van der Waals surface area contributed by atoms with E-state index < -0.39 is 30.6 Å². The zero-order valence-electron chi connectivity index (χ0n) is 14.2. The van der Waals surface area contributed by atoms with Crippen molar-refractivity contribution in [3.63, 3.8) is 0 Å². The third-order valence-corrected chi connectivity index (χ3v) is 4.31. The number of carbonyl (C=O) groups is 3. The Labute approximate surface area is 157 Å². The quantitative estimate of drug-likeness (QED) is 0.589. The summed E-state index contributed by atoms with van der Waals surface area (Å²) < 4.78 is 15.7. The third-order valence-electron chi connectivity index (χ3n) is 3.62. The van der Waals surface area contributed by atoms with Crippen LogP contribution in [0.25, 0.3) is 0 Å². The summed E-state index contributed by atoms with van der Waals surface area (Å²) in [6.07, 6.45) is 0. The predicted octanol–water partition coefficient (Wildman–Crippen LogP) is 1.72. The fourth-order valence-corrected chi connectivity index (χ4v) is 3.04. The van der Waals surface area contributed by atoms with Gasteiger partial charge in [-0.25, -0.2) is 14.4 Å². The Kier molecular flexibility index (Phi) is 6.09. The van der Waals surface area contributed by atoms with Gasteiger partial charge in [-0.15, -0.1) is 0 Å². The number of hydrogen-bond donors (Lipinski definition) is 3. The van der Waals surface area contributed by atoms with Crippen LogP contribution in [0.15, 0.2) is 27.9 Å². The van der Waals surface area contributed by atoms with E-state index in [1.807, 2.05) is 0 Å². The number of carboxylic acid groups (broad SMARTS) is 1. The van der Waals surface area contributed by atoms with E-state index in [0.717, 1.165) is 0 Å². The van der Waals surface area contributed by atoms with Gasteiger partial charge in [0.1, 0.15) is 0 Å². The molecule has 3 N–H and O–H groups in total. The third kappa shape index (κ3) is 4.07. The summed E-state index contributed by atoms with van der Waals surface area (Å²) in [6.45, 7) is 1.05. The van der Waals surface area contributed by atoms with E-state index in [4.69, 9.17) is 19.3 Å². The van der Waals surface area contributed by atoms with Crippen LogP contribution in [0.5, 0.6) is 11.5 Å². The van der Waals surface area contributed by atoms with Gasteiger partial charge in [-0.05, 0) is 24.6 Å². The molecule has 1 atom stereocenters. The van der Waals surface area contributed by atoms with Crippen LogP contribution >= 0.6 is 15.9 Å². The fourth-order valence-electron chi connectivity index (χ4n) is 2.49. The number of amides is 2. The predicted molar refractivity (Wildman–Crippen MR) is 92.9 cm³/mol. The number of methoxy groups -OCH3 is 2. The maximum absolute atomic E-state index is 12.2. The first-order valence-electron chi connectivity index (χ1n) is 7.37. The van der Waals surface area contributed by atoms with Gasteiger partial charge in [0.25, 0.3) is 0 Å². The fraction of sp³-hybridized carbons (Fsp3) is 0.312. The lowest BCUT2D eigenvalue weighted by Gasteiger charge is -2.29. The molecule has 1 aliphatic rings. The normalized spacial score (nSPS) is 16.5. The number of benzene rings is 1. The van der Waals surface area contributed by atoms with E-state index in [-0.39, 0.29) is 17.1 Å². The average molecular weight is 429 g/mol. The van der Waals surface area contributed by atoms with Crippen LogP contribution in [0.4, 0.5) is 4.79 Å². The van der Waals surface area contributed by atoms with Crippen LogP contribution in [0.1, 0.15) is 18.5 Å². The van der Waals surface area contributed by atoms with Gasteiger partial charge in [0.2, 0.25) is 0 Å². The molecule has 0 radical (unpaired) electrons. The van der Waals surface area contributed by atoms with Gasteiger partial charge in [-0.1, -0.05) is 15.9 Å². The highest BCUT2D eigenvalue weighted by Gasteiger charge is 2.33. The molecule has 0 saturated heterocycles. The Hall–Kier alpha value is -2.75. The highest BCUT2D eigenvalue weighted by molar-refractivity contribution is 9.10. The van der Waals surface area contributed by atoms with Crippen molar-refractivity contribution in [2.75, 3.05) is 20.8 Å². The van der Waals surface area contributed by atoms with Gasteiger partial charge in [-0.2, -0.15) is 0 Å². The number of ether oxygens (including phenoxy) is 3. The minimum absolute atomic E-state index is 0.200. The molecule has 10 heteroatoms. The summed E-state index contributed by atoms with van der Waals surface area (Å²) in [5, 5.41) is 13.9. The number of aliphatic carboxylic acids is 1. The molecule has 2 amide bonds. The lowest BCUT2D eigenvalue weighted by atomic mass is 9.95. The van der Waals surface area contributed by atoms with Gasteiger partial charge in [0.05, 0.1) is 25.8 Å². The molecule has 0 bridgehead atoms. The van der Waals surface area contributed by atoms with Crippen molar-refractivity contribution in [3.05, 3.63) is 33.4 Å². The van der Waals surface area contributed by atoms with Crippen molar-refractivity contribution >= 4 is 33.9 Å². The average Bonchev–Trinajstić information content (AvgIpc) is 2.58. The van der Waals surface area contributed by atoms with E-state index >= 15 is 0 Å². The number of urea groups is 1. The Morgan fingerprint density at radius 3 is 2.54 bits per heavy atom.